The fourth-order valence-electron chi connectivity index (χ4n) is 0.967. The molecule has 0 aliphatic heterocycles. The van der Waals surface area contributed by atoms with Crippen LogP contribution in [0.1, 0.15) is 31.7 Å². The number of hydrogen-bond donors (Lipinski definition) is 0. The van der Waals surface area contributed by atoms with Crippen molar-refractivity contribution in [1.29, 1.82) is 5.26 Å². The first-order chi connectivity index (χ1) is 5.56. The number of nitriles is 1. The molecular formula is C9H12N2O. The molecule has 0 saturated heterocycles. The number of aromatic nitrogens is 1. The van der Waals surface area contributed by atoms with Crippen LogP contribution in [0.4, 0.5) is 0 Å². The molecule has 0 spiro atoms. The molecule has 0 fully saturated rings. The smallest absolute Gasteiger partial charge is 0.143 e. The van der Waals surface area contributed by atoms with Gasteiger partial charge in [-0.1, -0.05) is 19.0 Å². The predicted molar refractivity (Wildman–Crippen MR) is 44.5 cm³/mol. The predicted octanol–water partition coefficient (Wildman–Crippen LogP) is 2.17. The summed E-state index contributed by atoms with van der Waals surface area (Å²) in [6.45, 7) is 5.81. The Balaban J connectivity index is 2.90. The summed E-state index contributed by atoms with van der Waals surface area (Å²) < 4.78 is 5.08. The summed E-state index contributed by atoms with van der Waals surface area (Å²) in [5.74, 6) is 0.779. The third-order valence-electron chi connectivity index (χ3n) is 1.82. The molecule has 3 heteroatoms. The molecular weight excluding hydrogens is 152 g/mol. The Morgan fingerprint density at radius 1 is 1.67 bits per heavy atom. The lowest BCUT2D eigenvalue weighted by atomic mass is 9.87. The van der Waals surface area contributed by atoms with E-state index in [0.717, 1.165) is 11.5 Å². The van der Waals surface area contributed by atoms with Crippen LogP contribution in [0.3, 0.4) is 0 Å². The Labute approximate surface area is 72.0 Å². The summed E-state index contributed by atoms with van der Waals surface area (Å²) in [6, 6.07) is 4.00. The van der Waals surface area contributed by atoms with Crippen molar-refractivity contribution >= 4 is 0 Å². The Hall–Kier alpha value is -1.30. The molecule has 0 atom stereocenters. The average Bonchev–Trinajstić information content (AvgIpc) is 2.36. The summed E-state index contributed by atoms with van der Waals surface area (Å²) in [5.41, 5.74) is 0.631. The standard InChI is InChI=1S/C9H12N2O/c1-7-6-8(12-11-7)9(2,3)4-5-10/h6H,4H2,1-3H3. The maximum absolute atomic E-state index is 8.56. The molecule has 1 rings (SSSR count). The van der Waals surface area contributed by atoms with Crippen molar-refractivity contribution in [3.8, 4) is 6.07 Å². The van der Waals surface area contributed by atoms with Gasteiger partial charge in [0.1, 0.15) is 5.76 Å². The first kappa shape index (κ1) is 8.79. The van der Waals surface area contributed by atoms with E-state index in [1.165, 1.54) is 0 Å². The van der Waals surface area contributed by atoms with Gasteiger partial charge in [-0.15, -0.1) is 0 Å². The Morgan fingerprint density at radius 2 is 2.33 bits per heavy atom. The van der Waals surface area contributed by atoms with Crippen molar-refractivity contribution < 1.29 is 4.52 Å². The van der Waals surface area contributed by atoms with Gasteiger partial charge in [0.25, 0.3) is 0 Å². The monoisotopic (exact) mass is 164 g/mol. The van der Waals surface area contributed by atoms with E-state index in [4.69, 9.17) is 9.78 Å². The van der Waals surface area contributed by atoms with E-state index >= 15 is 0 Å². The first-order valence-corrected chi connectivity index (χ1v) is 3.87. The summed E-state index contributed by atoms with van der Waals surface area (Å²) in [7, 11) is 0. The van der Waals surface area contributed by atoms with Gasteiger partial charge in [-0.05, 0) is 6.92 Å². The quantitative estimate of drug-likeness (QED) is 0.673. The summed E-state index contributed by atoms with van der Waals surface area (Å²) >= 11 is 0. The molecule has 0 amide bonds. The van der Waals surface area contributed by atoms with Gasteiger partial charge in [0.15, 0.2) is 0 Å². The van der Waals surface area contributed by atoms with Gasteiger partial charge in [-0.25, -0.2) is 0 Å². The van der Waals surface area contributed by atoms with Crippen molar-refractivity contribution in [3.05, 3.63) is 17.5 Å². The van der Waals surface area contributed by atoms with Gasteiger partial charge >= 0.3 is 0 Å². The number of hydrogen-bond acceptors (Lipinski definition) is 3. The molecule has 0 N–H and O–H groups in total. The van der Waals surface area contributed by atoms with Crippen LogP contribution in [0.2, 0.25) is 0 Å². The first-order valence-electron chi connectivity index (χ1n) is 3.87. The number of aryl methyl sites for hydroxylation is 1. The van der Waals surface area contributed by atoms with Crippen LogP contribution in [0.5, 0.6) is 0 Å². The highest BCUT2D eigenvalue weighted by molar-refractivity contribution is 5.14. The summed E-state index contributed by atoms with van der Waals surface area (Å²) in [6.07, 6.45) is 0.446. The highest BCUT2D eigenvalue weighted by Gasteiger charge is 2.24. The fraction of sp³-hybridized carbons (Fsp3) is 0.556. The third-order valence-corrected chi connectivity index (χ3v) is 1.82. The van der Waals surface area contributed by atoms with Crippen LogP contribution >= 0.6 is 0 Å². The largest absolute Gasteiger partial charge is 0.361 e. The van der Waals surface area contributed by atoms with Crippen molar-refractivity contribution in [3.63, 3.8) is 0 Å². The van der Waals surface area contributed by atoms with Crippen molar-refractivity contribution in [2.75, 3.05) is 0 Å². The number of rotatable bonds is 2. The van der Waals surface area contributed by atoms with Crippen molar-refractivity contribution in [2.45, 2.75) is 32.6 Å². The highest BCUT2D eigenvalue weighted by Crippen LogP contribution is 2.26. The normalized spacial score (nSPS) is 11.2. The Morgan fingerprint density at radius 3 is 2.75 bits per heavy atom. The zero-order valence-electron chi connectivity index (χ0n) is 7.59. The molecule has 64 valence electrons. The maximum Gasteiger partial charge on any atom is 0.143 e. The second-order valence-corrected chi connectivity index (χ2v) is 3.55. The van der Waals surface area contributed by atoms with Crippen LogP contribution in [0, 0.1) is 18.3 Å². The zero-order valence-corrected chi connectivity index (χ0v) is 7.59. The van der Waals surface area contributed by atoms with Gasteiger partial charge < -0.3 is 4.52 Å². The lowest BCUT2D eigenvalue weighted by Crippen LogP contribution is -2.14. The van der Waals surface area contributed by atoms with Crippen LogP contribution in [0.25, 0.3) is 0 Å². The van der Waals surface area contributed by atoms with Gasteiger partial charge in [0.2, 0.25) is 0 Å². The zero-order chi connectivity index (χ0) is 9.19. The molecule has 0 bridgehead atoms. The van der Waals surface area contributed by atoms with Crippen LogP contribution < -0.4 is 0 Å². The van der Waals surface area contributed by atoms with E-state index in [1.54, 1.807) is 0 Å². The van der Waals surface area contributed by atoms with Gasteiger partial charge in [0, 0.05) is 17.9 Å². The lowest BCUT2D eigenvalue weighted by molar-refractivity contribution is 0.316. The second kappa shape index (κ2) is 2.98. The molecule has 0 saturated carbocycles. The van der Waals surface area contributed by atoms with E-state index < -0.39 is 0 Å². The van der Waals surface area contributed by atoms with E-state index in [2.05, 4.69) is 11.2 Å². The van der Waals surface area contributed by atoms with E-state index in [1.807, 2.05) is 26.8 Å². The highest BCUT2D eigenvalue weighted by atomic mass is 16.5. The maximum atomic E-state index is 8.56. The molecule has 1 heterocycles. The second-order valence-electron chi connectivity index (χ2n) is 3.55. The fourth-order valence-corrected chi connectivity index (χ4v) is 0.967. The topological polar surface area (TPSA) is 49.8 Å². The summed E-state index contributed by atoms with van der Waals surface area (Å²) in [4.78, 5) is 0. The van der Waals surface area contributed by atoms with Crippen LogP contribution in [-0.4, -0.2) is 5.16 Å². The van der Waals surface area contributed by atoms with E-state index in [9.17, 15) is 0 Å². The molecule has 0 aliphatic rings. The van der Waals surface area contributed by atoms with Gasteiger partial charge in [-0.3, -0.25) is 0 Å². The van der Waals surface area contributed by atoms with Crippen LogP contribution in [0.15, 0.2) is 10.6 Å². The minimum Gasteiger partial charge on any atom is -0.361 e. The van der Waals surface area contributed by atoms with E-state index in [-0.39, 0.29) is 5.41 Å². The van der Waals surface area contributed by atoms with Crippen molar-refractivity contribution in [2.24, 2.45) is 0 Å². The summed E-state index contributed by atoms with van der Waals surface area (Å²) in [5, 5.41) is 12.3. The lowest BCUT2D eigenvalue weighted by Gasteiger charge is -2.15. The molecule has 0 unspecified atom stereocenters. The molecule has 12 heavy (non-hydrogen) atoms. The minimum atomic E-state index is -0.226. The molecule has 3 nitrogen and oxygen atoms in total. The van der Waals surface area contributed by atoms with Gasteiger partial charge in [0.05, 0.1) is 11.8 Å². The molecule has 0 radical (unpaired) electrons. The van der Waals surface area contributed by atoms with Gasteiger partial charge in [-0.2, -0.15) is 5.26 Å². The molecule has 1 aromatic heterocycles. The third kappa shape index (κ3) is 1.65. The Bertz CT molecular complexity index is 307. The average molecular weight is 164 g/mol. The Kier molecular flexibility index (Phi) is 2.18. The molecule has 0 aliphatic carbocycles. The SMILES string of the molecule is Cc1cc(C(C)(C)CC#N)on1. The van der Waals surface area contributed by atoms with Crippen molar-refractivity contribution in [1.82, 2.24) is 5.16 Å². The number of nitrogens with zero attached hydrogens (tertiary/aromatic N) is 2. The minimum absolute atomic E-state index is 0.226. The van der Waals surface area contributed by atoms with E-state index in [0.29, 0.717) is 6.42 Å². The molecule has 0 aromatic carbocycles. The molecule has 1 aromatic rings. The van der Waals surface area contributed by atoms with Crippen LogP contribution in [-0.2, 0) is 5.41 Å².